The van der Waals surface area contributed by atoms with Gasteiger partial charge in [0.25, 0.3) is 0 Å². The Labute approximate surface area is 120 Å². The van der Waals surface area contributed by atoms with Crippen molar-refractivity contribution in [2.45, 2.75) is 10.1 Å². The maximum Gasteiger partial charge on any atom is 0.203 e. The highest BCUT2D eigenvalue weighted by molar-refractivity contribution is 8.05. The van der Waals surface area contributed by atoms with Gasteiger partial charge in [-0.1, -0.05) is 12.1 Å². The number of hydrogen-bond donors (Lipinski definition) is 3. The summed E-state index contributed by atoms with van der Waals surface area (Å²) in [6.45, 7) is 0. The molecule has 0 heterocycles. The minimum atomic E-state index is -0.450. The monoisotopic (exact) mass is 292 g/mol. The lowest BCUT2D eigenvalue weighted by Crippen LogP contribution is -2.02. The van der Waals surface area contributed by atoms with Crippen LogP contribution in [0.4, 0.5) is 0 Å². The molecule has 0 fully saturated rings. The lowest BCUT2D eigenvalue weighted by molar-refractivity contribution is -0.110. The molecule has 2 rings (SSSR count). The average molecular weight is 292 g/mol. The van der Waals surface area contributed by atoms with Crippen molar-refractivity contribution in [3.63, 3.8) is 0 Å². The van der Waals surface area contributed by atoms with Gasteiger partial charge in [0.15, 0.2) is 0 Å². The van der Waals surface area contributed by atoms with Gasteiger partial charge < -0.3 is 10.2 Å². The van der Waals surface area contributed by atoms with E-state index in [9.17, 15) is 15.0 Å². The Kier molecular flexibility index (Phi) is 4.39. The minimum absolute atomic E-state index is 0.156. The molecule has 0 saturated heterocycles. The molecular weight excluding hydrogens is 280 g/mol. The van der Waals surface area contributed by atoms with Crippen molar-refractivity contribution < 1.29 is 15.0 Å². The number of thiol groups is 1. The number of aromatic hydroxyl groups is 2. The molecular formula is C14H12O3S2. The van der Waals surface area contributed by atoms with Crippen molar-refractivity contribution in [3.05, 3.63) is 54.1 Å². The average Bonchev–Trinajstić information content (AvgIpc) is 2.39. The summed E-state index contributed by atoms with van der Waals surface area (Å²) in [7, 11) is 0. The van der Waals surface area contributed by atoms with Crippen LogP contribution in [0.1, 0.15) is 10.8 Å². The molecule has 2 aromatic rings. The summed E-state index contributed by atoms with van der Waals surface area (Å²) in [4.78, 5) is 12.5. The molecule has 0 spiro atoms. The third-order valence-electron chi connectivity index (χ3n) is 2.51. The lowest BCUT2D eigenvalue weighted by Gasteiger charge is -2.13. The van der Waals surface area contributed by atoms with E-state index in [1.54, 1.807) is 36.4 Å². The Hall–Kier alpha value is -1.59. The fraction of sp³-hybridized carbons (Fsp3) is 0.0714. The Morgan fingerprint density at radius 2 is 1.42 bits per heavy atom. The molecule has 0 radical (unpaired) electrons. The van der Waals surface area contributed by atoms with Crippen molar-refractivity contribution in [1.29, 1.82) is 0 Å². The van der Waals surface area contributed by atoms with Crippen molar-refractivity contribution in [2.75, 3.05) is 0 Å². The van der Waals surface area contributed by atoms with Crippen LogP contribution in [0, 0.1) is 0 Å². The Morgan fingerprint density at radius 3 is 1.89 bits per heavy atom. The summed E-state index contributed by atoms with van der Waals surface area (Å²) in [5, 5.41) is 17.8. The smallest absolute Gasteiger partial charge is 0.203 e. The van der Waals surface area contributed by atoms with E-state index in [1.807, 2.05) is 0 Å². The molecule has 5 heteroatoms. The zero-order chi connectivity index (χ0) is 13.8. The highest BCUT2D eigenvalue weighted by Crippen LogP contribution is 2.37. The second kappa shape index (κ2) is 6.04. The fourth-order valence-electron chi connectivity index (χ4n) is 1.57. The predicted molar refractivity (Wildman–Crippen MR) is 78.8 cm³/mol. The van der Waals surface area contributed by atoms with Gasteiger partial charge in [-0.05, 0) is 42.0 Å². The normalized spacial score (nSPS) is 12.1. The van der Waals surface area contributed by atoms with Gasteiger partial charge in [-0.25, -0.2) is 0 Å². The first-order valence-corrected chi connectivity index (χ1v) is 6.86. The molecule has 0 amide bonds. The van der Waals surface area contributed by atoms with Crippen LogP contribution < -0.4 is 0 Å². The van der Waals surface area contributed by atoms with Crippen molar-refractivity contribution in [3.8, 4) is 11.5 Å². The Balaban J connectivity index is 2.23. The molecule has 0 aliphatic rings. The third kappa shape index (κ3) is 3.68. The molecule has 0 aliphatic carbocycles. The number of phenols is 2. The minimum Gasteiger partial charge on any atom is -0.508 e. The van der Waals surface area contributed by atoms with E-state index in [0.717, 1.165) is 10.5 Å². The van der Waals surface area contributed by atoms with Crippen LogP contribution in [0.25, 0.3) is 0 Å². The van der Waals surface area contributed by atoms with Gasteiger partial charge in [0.05, 0.1) is 0 Å². The first kappa shape index (κ1) is 13.8. The summed E-state index contributed by atoms with van der Waals surface area (Å²) >= 11 is 5.26. The van der Waals surface area contributed by atoms with Crippen LogP contribution in [-0.2, 0) is 4.79 Å². The molecule has 1 atom stereocenters. The topological polar surface area (TPSA) is 57.5 Å². The molecule has 19 heavy (non-hydrogen) atoms. The molecule has 2 aromatic carbocycles. The predicted octanol–water partition coefficient (Wildman–Crippen LogP) is 3.39. The molecule has 3 nitrogen and oxygen atoms in total. The second-order valence-electron chi connectivity index (χ2n) is 3.92. The Bertz CT molecular complexity index is 564. The fourth-order valence-corrected chi connectivity index (χ4v) is 2.84. The van der Waals surface area contributed by atoms with Gasteiger partial charge in [-0.15, -0.1) is 24.4 Å². The third-order valence-corrected chi connectivity index (χ3v) is 4.21. The number of thioether (sulfide) groups is 1. The van der Waals surface area contributed by atoms with Crippen LogP contribution in [0.5, 0.6) is 11.5 Å². The molecule has 98 valence electrons. The van der Waals surface area contributed by atoms with E-state index in [-0.39, 0.29) is 16.6 Å². The van der Waals surface area contributed by atoms with Gasteiger partial charge in [0, 0.05) is 4.90 Å². The zero-order valence-electron chi connectivity index (χ0n) is 9.85. The van der Waals surface area contributed by atoms with Crippen LogP contribution in [0.15, 0.2) is 53.4 Å². The highest BCUT2D eigenvalue weighted by Gasteiger charge is 2.19. The number of carbonyl (C=O) groups excluding carboxylic acids is 1. The van der Waals surface area contributed by atoms with Crippen LogP contribution in [0.3, 0.4) is 0 Å². The van der Waals surface area contributed by atoms with Gasteiger partial charge in [0.2, 0.25) is 5.12 Å². The molecule has 0 aromatic heterocycles. The standard InChI is InChI=1S/C14H12O3S2/c15-10-3-1-9(2-4-10)13(14(17)18)19-12-7-5-11(16)6-8-12/h1-8,13,15-16H,(H,17,18)/t13-/m0/s1. The van der Waals surface area contributed by atoms with Crippen LogP contribution in [-0.4, -0.2) is 15.3 Å². The molecule has 0 bridgehead atoms. The van der Waals surface area contributed by atoms with Crippen LogP contribution in [0.2, 0.25) is 0 Å². The maximum atomic E-state index is 11.6. The second-order valence-corrected chi connectivity index (χ2v) is 5.54. The summed E-state index contributed by atoms with van der Waals surface area (Å²) in [6.07, 6.45) is 0. The van der Waals surface area contributed by atoms with E-state index < -0.39 is 5.25 Å². The largest absolute Gasteiger partial charge is 0.508 e. The number of carbonyl (C=O) groups is 1. The van der Waals surface area contributed by atoms with Crippen molar-refractivity contribution >= 4 is 29.5 Å². The van der Waals surface area contributed by atoms with E-state index in [4.69, 9.17) is 0 Å². The van der Waals surface area contributed by atoms with E-state index in [1.165, 1.54) is 23.9 Å². The number of benzene rings is 2. The van der Waals surface area contributed by atoms with Gasteiger partial charge in [-0.2, -0.15) is 0 Å². The van der Waals surface area contributed by atoms with E-state index in [0.29, 0.717) is 0 Å². The Morgan fingerprint density at radius 1 is 0.947 bits per heavy atom. The number of phenolic OH excluding ortho intramolecular Hbond substituents is 2. The van der Waals surface area contributed by atoms with Gasteiger partial charge >= 0.3 is 0 Å². The molecule has 2 N–H and O–H groups in total. The molecule has 0 unspecified atom stereocenters. The summed E-state index contributed by atoms with van der Waals surface area (Å²) < 4.78 is 0. The SMILES string of the molecule is O=C(S)[C@@H](Sc1ccc(O)cc1)c1ccc(O)cc1. The summed E-state index contributed by atoms with van der Waals surface area (Å²) in [6, 6.07) is 13.1. The lowest BCUT2D eigenvalue weighted by atomic mass is 10.1. The zero-order valence-corrected chi connectivity index (χ0v) is 11.6. The number of hydrogen-bond acceptors (Lipinski definition) is 4. The van der Waals surface area contributed by atoms with E-state index >= 15 is 0 Å². The quantitative estimate of drug-likeness (QED) is 0.597. The van der Waals surface area contributed by atoms with Gasteiger partial charge in [-0.3, -0.25) is 4.79 Å². The van der Waals surface area contributed by atoms with Crippen LogP contribution >= 0.6 is 24.4 Å². The first-order valence-electron chi connectivity index (χ1n) is 5.53. The molecule has 0 aliphatic heterocycles. The highest BCUT2D eigenvalue weighted by atomic mass is 32.2. The number of rotatable bonds is 4. The van der Waals surface area contributed by atoms with Gasteiger partial charge in [0.1, 0.15) is 16.7 Å². The maximum absolute atomic E-state index is 11.6. The summed E-state index contributed by atoms with van der Waals surface area (Å²) in [5.74, 6) is 0.339. The van der Waals surface area contributed by atoms with E-state index in [2.05, 4.69) is 12.6 Å². The molecule has 0 saturated carbocycles. The van der Waals surface area contributed by atoms with Crippen molar-refractivity contribution in [1.82, 2.24) is 0 Å². The first-order chi connectivity index (χ1) is 9.06. The summed E-state index contributed by atoms with van der Waals surface area (Å²) in [5.41, 5.74) is 0.774. The van der Waals surface area contributed by atoms with Crippen molar-refractivity contribution in [2.24, 2.45) is 0 Å².